The van der Waals surface area contributed by atoms with Crippen molar-refractivity contribution in [3.05, 3.63) is 52.3 Å². The van der Waals surface area contributed by atoms with Gasteiger partial charge in [-0.25, -0.2) is 4.98 Å². The van der Waals surface area contributed by atoms with E-state index in [2.05, 4.69) is 54.6 Å². The average Bonchev–Trinajstić information content (AvgIpc) is 3.15. The zero-order chi connectivity index (χ0) is 14.5. The van der Waals surface area contributed by atoms with Crippen LogP contribution in [0, 0.1) is 0 Å². The predicted molar refractivity (Wildman–Crippen MR) is 97.9 cm³/mol. The van der Waals surface area contributed by atoms with E-state index in [1.807, 2.05) is 22.7 Å². The van der Waals surface area contributed by atoms with Crippen molar-refractivity contribution in [1.29, 1.82) is 0 Å². The van der Waals surface area contributed by atoms with Crippen molar-refractivity contribution in [2.24, 2.45) is 0 Å². The Bertz CT molecular complexity index is 1100. The molecule has 1 aliphatic carbocycles. The number of thiazole rings is 1. The molecule has 0 saturated carbocycles. The third-order valence-corrected chi connectivity index (χ3v) is 6.47. The second kappa shape index (κ2) is 4.77. The number of aromatic nitrogens is 1. The van der Waals surface area contributed by atoms with Crippen molar-refractivity contribution in [3.8, 4) is 10.6 Å². The lowest BCUT2D eigenvalue weighted by molar-refractivity contribution is 1.10. The summed E-state index contributed by atoms with van der Waals surface area (Å²) in [5.41, 5.74) is 1.28. The standard InChI is InChI=1S/C19H13NS2/c1-3-10-16-12(6-1)13-7-5-8-14(18(13)21-16)19-20-15-9-2-4-11-17(15)22-19/h1,3,5-11H,2,4H2. The molecule has 0 bridgehead atoms. The molecule has 3 heteroatoms. The molecule has 4 aromatic rings. The Labute approximate surface area is 135 Å². The van der Waals surface area contributed by atoms with E-state index in [1.54, 1.807) is 0 Å². The van der Waals surface area contributed by atoms with Gasteiger partial charge in [-0.05, 0) is 18.9 Å². The molecule has 0 atom stereocenters. The molecular weight excluding hydrogens is 306 g/mol. The summed E-state index contributed by atoms with van der Waals surface area (Å²) in [6.45, 7) is 0. The molecule has 0 fully saturated rings. The lowest BCUT2D eigenvalue weighted by atomic mass is 10.1. The maximum absolute atomic E-state index is 4.88. The molecule has 1 aliphatic rings. The highest BCUT2D eigenvalue weighted by Crippen LogP contribution is 2.39. The molecule has 22 heavy (non-hydrogen) atoms. The van der Waals surface area contributed by atoms with Gasteiger partial charge in [0.2, 0.25) is 0 Å². The van der Waals surface area contributed by atoms with Gasteiger partial charge in [0.15, 0.2) is 0 Å². The number of benzene rings is 2. The monoisotopic (exact) mass is 319 g/mol. The minimum Gasteiger partial charge on any atom is -0.236 e. The second-order valence-electron chi connectivity index (χ2n) is 5.53. The lowest BCUT2D eigenvalue weighted by Gasteiger charge is -1.98. The highest BCUT2D eigenvalue weighted by molar-refractivity contribution is 7.26. The first-order valence-electron chi connectivity index (χ1n) is 7.48. The Balaban J connectivity index is 1.87. The van der Waals surface area contributed by atoms with Gasteiger partial charge in [-0.3, -0.25) is 0 Å². The lowest BCUT2D eigenvalue weighted by Crippen LogP contribution is -2.22. The fraction of sp³-hybridized carbons (Fsp3) is 0.105. The second-order valence-corrected chi connectivity index (χ2v) is 7.62. The van der Waals surface area contributed by atoms with Crippen LogP contribution >= 0.6 is 22.7 Å². The van der Waals surface area contributed by atoms with Crippen molar-refractivity contribution in [1.82, 2.24) is 4.98 Å². The van der Waals surface area contributed by atoms with Gasteiger partial charge >= 0.3 is 0 Å². The Morgan fingerprint density at radius 2 is 1.68 bits per heavy atom. The molecule has 0 unspecified atom stereocenters. The maximum Gasteiger partial charge on any atom is 0.126 e. The molecule has 0 amide bonds. The summed E-state index contributed by atoms with van der Waals surface area (Å²) >= 11 is 3.70. The van der Waals surface area contributed by atoms with Crippen LogP contribution in [-0.4, -0.2) is 4.98 Å². The molecule has 5 rings (SSSR count). The van der Waals surface area contributed by atoms with Crippen LogP contribution < -0.4 is 9.88 Å². The Kier molecular flexibility index (Phi) is 2.72. The normalized spacial score (nSPS) is 13.8. The van der Waals surface area contributed by atoms with Crippen LogP contribution in [0.15, 0.2) is 42.5 Å². The van der Waals surface area contributed by atoms with Crippen molar-refractivity contribution < 1.29 is 0 Å². The summed E-state index contributed by atoms with van der Waals surface area (Å²) in [5, 5.41) is 5.02. The van der Waals surface area contributed by atoms with Gasteiger partial charge in [-0.1, -0.05) is 48.6 Å². The zero-order valence-electron chi connectivity index (χ0n) is 11.9. The van der Waals surface area contributed by atoms with Crippen LogP contribution in [0.1, 0.15) is 12.8 Å². The van der Waals surface area contributed by atoms with E-state index in [1.165, 1.54) is 35.6 Å². The molecule has 0 spiro atoms. The zero-order valence-corrected chi connectivity index (χ0v) is 13.5. The van der Waals surface area contributed by atoms with E-state index in [4.69, 9.17) is 4.98 Å². The quantitative estimate of drug-likeness (QED) is 0.502. The average molecular weight is 319 g/mol. The highest BCUT2D eigenvalue weighted by Gasteiger charge is 2.12. The van der Waals surface area contributed by atoms with Gasteiger partial charge in [-0.15, -0.1) is 22.7 Å². The first-order valence-corrected chi connectivity index (χ1v) is 9.11. The van der Waals surface area contributed by atoms with E-state index in [9.17, 15) is 0 Å². The molecule has 106 valence electrons. The van der Waals surface area contributed by atoms with Crippen LogP contribution in [0.5, 0.6) is 0 Å². The van der Waals surface area contributed by atoms with Crippen LogP contribution in [0.2, 0.25) is 0 Å². The Morgan fingerprint density at radius 3 is 2.64 bits per heavy atom. The van der Waals surface area contributed by atoms with Crippen LogP contribution in [0.3, 0.4) is 0 Å². The van der Waals surface area contributed by atoms with Gasteiger partial charge in [-0.2, -0.15) is 0 Å². The summed E-state index contributed by atoms with van der Waals surface area (Å²) in [6.07, 6.45) is 6.84. The van der Waals surface area contributed by atoms with E-state index in [0.29, 0.717) is 0 Å². The highest BCUT2D eigenvalue weighted by atomic mass is 32.1. The summed E-state index contributed by atoms with van der Waals surface area (Å²) in [5.74, 6) is 0. The van der Waals surface area contributed by atoms with Crippen molar-refractivity contribution >= 4 is 55.0 Å². The number of thiophene rings is 1. The first-order chi connectivity index (χ1) is 10.9. The molecule has 2 heterocycles. The van der Waals surface area contributed by atoms with Crippen LogP contribution in [0.4, 0.5) is 0 Å². The fourth-order valence-electron chi connectivity index (χ4n) is 3.10. The summed E-state index contributed by atoms with van der Waals surface area (Å²) in [4.78, 5) is 4.88. The third kappa shape index (κ3) is 1.79. The minimum atomic E-state index is 1.11. The molecule has 2 aromatic carbocycles. The van der Waals surface area contributed by atoms with Gasteiger partial charge in [0.1, 0.15) is 5.01 Å². The first kappa shape index (κ1) is 12.6. The SMILES string of the molecule is C1=c2nc(-c3cccc4c3sc3ccccc34)sc2=CCC1. The van der Waals surface area contributed by atoms with E-state index in [0.717, 1.165) is 17.8 Å². The number of rotatable bonds is 1. The molecule has 0 aliphatic heterocycles. The molecular formula is C19H13NS2. The Hall–Kier alpha value is -1.97. The number of fused-ring (bicyclic) bond motifs is 4. The molecule has 0 radical (unpaired) electrons. The van der Waals surface area contributed by atoms with Gasteiger partial charge in [0, 0.05) is 25.7 Å². The number of hydrogen-bond acceptors (Lipinski definition) is 3. The van der Waals surface area contributed by atoms with Gasteiger partial charge < -0.3 is 0 Å². The summed E-state index contributed by atoms with van der Waals surface area (Å²) in [7, 11) is 0. The summed E-state index contributed by atoms with van der Waals surface area (Å²) in [6, 6.07) is 15.2. The van der Waals surface area contributed by atoms with E-state index in [-0.39, 0.29) is 0 Å². The number of nitrogens with zero attached hydrogens (tertiary/aromatic N) is 1. The molecule has 0 saturated heterocycles. The van der Waals surface area contributed by atoms with Crippen molar-refractivity contribution in [2.75, 3.05) is 0 Å². The number of hydrogen-bond donors (Lipinski definition) is 0. The summed E-state index contributed by atoms with van der Waals surface area (Å²) < 4.78 is 4.04. The molecule has 2 aromatic heterocycles. The minimum absolute atomic E-state index is 1.11. The predicted octanol–water partition coefficient (Wildman–Crippen LogP) is 4.53. The largest absolute Gasteiger partial charge is 0.236 e. The van der Waals surface area contributed by atoms with Crippen LogP contribution in [-0.2, 0) is 0 Å². The van der Waals surface area contributed by atoms with E-state index < -0.39 is 0 Å². The topological polar surface area (TPSA) is 12.9 Å². The van der Waals surface area contributed by atoms with Crippen LogP contribution in [0.25, 0.3) is 42.9 Å². The maximum atomic E-state index is 4.88. The smallest absolute Gasteiger partial charge is 0.126 e. The molecule has 1 nitrogen and oxygen atoms in total. The van der Waals surface area contributed by atoms with Crippen molar-refractivity contribution in [2.45, 2.75) is 12.8 Å². The van der Waals surface area contributed by atoms with Crippen molar-refractivity contribution in [3.63, 3.8) is 0 Å². The van der Waals surface area contributed by atoms with Gasteiger partial charge in [0.25, 0.3) is 0 Å². The molecule has 0 N–H and O–H groups in total. The Morgan fingerprint density at radius 1 is 0.818 bits per heavy atom. The van der Waals surface area contributed by atoms with E-state index >= 15 is 0 Å². The van der Waals surface area contributed by atoms with Gasteiger partial charge in [0.05, 0.1) is 9.88 Å². The third-order valence-electron chi connectivity index (χ3n) is 4.15. The fourth-order valence-corrected chi connectivity index (χ4v) is 5.45.